The predicted octanol–water partition coefficient (Wildman–Crippen LogP) is 7.54. The SMILES string of the molecule is Cc1ccc(CC2CCN(Sc3ccc(Nc4nccc(Nc5ccc(C)cc5)n4)cc3)CC2)cc1. The number of rotatable bonds is 8. The molecule has 0 spiro atoms. The quantitative estimate of drug-likeness (QED) is 0.246. The van der Waals surface area contributed by atoms with E-state index < -0.39 is 0 Å². The van der Waals surface area contributed by atoms with Crippen LogP contribution in [-0.2, 0) is 6.42 Å². The molecule has 1 saturated heterocycles. The van der Waals surface area contributed by atoms with Crippen molar-refractivity contribution in [1.29, 1.82) is 0 Å². The minimum Gasteiger partial charge on any atom is -0.340 e. The molecule has 184 valence electrons. The third-order valence-corrected chi connectivity index (χ3v) is 7.65. The maximum atomic E-state index is 4.60. The number of hydrogen-bond acceptors (Lipinski definition) is 6. The van der Waals surface area contributed by atoms with Crippen LogP contribution in [0.25, 0.3) is 0 Å². The van der Waals surface area contributed by atoms with Crippen molar-refractivity contribution in [1.82, 2.24) is 14.3 Å². The van der Waals surface area contributed by atoms with Gasteiger partial charge in [-0.3, -0.25) is 0 Å². The molecule has 3 aromatic carbocycles. The van der Waals surface area contributed by atoms with Gasteiger partial charge in [-0.15, -0.1) is 0 Å². The lowest BCUT2D eigenvalue weighted by Gasteiger charge is -2.31. The van der Waals surface area contributed by atoms with Crippen molar-refractivity contribution in [2.24, 2.45) is 5.92 Å². The van der Waals surface area contributed by atoms with Crippen LogP contribution in [0.5, 0.6) is 0 Å². The van der Waals surface area contributed by atoms with Crippen LogP contribution in [0.3, 0.4) is 0 Å². The van der Waals surface area contributed by atoms with E-state index in [-0.39, 0.29) is 0 Å². The zero-order valence-electron chi connectivity index (χ0n) is 20.9. The topological polar surface area (TPSA) is 53.1 Å². The monoisotopic (exact) mass is 495 g/mol. The molecule has 1 aliphatic rings. The first-order valence-corrected chi connectivity index (χ1v) is 13.4. The lowest BCUT2D eigenvalue weighted by Crippen LogP contribution is -2.29. The lowest BCUT2D eigenvalue weighted by atomic mass is 9.91. The van der Waals surface area contributed by atoms with Crippen molar-refractivity contribution in [3.63, 3.8) is 0 Å². The molecule has 0 saturated carbocycles. The largest absolute Gasteiger partial charge is 0.340 e. The van der Waals surface area contributed by atoms with Gasteiger partial charge in [0, 0.05) is 35.6 Å². The normalized spacial score (nSPS) is 14.5. The Morgan fingerprint density at radius 1 is 0.778 bits per heavy atom. The van der Waals surface area contributed by atoms with Gasteiger partial charge in [-0.05, 0) is 99.0 Å². The molecule has 2 N–H and O–H groups in total. The Labute approximate surface area is 218 Å². The van der Waals surface area contributed by atoms with Gasteiger partial charge in [-0.25, -0.2) is 9.29 Å². The molecule has 5 nitrogen and oxygen atoms in total. The van der Waals surface area contributed by atoms with E-state index >= 15 is 0 Å². The fourth-order valence-corrected chi connectivity index (χ4v) is 5.36. The van der Waals surface area contributed by atoms with E-state index in [1.165, 1.54) is 40.8 Å². The van der Waals surface area contributed by atoms with Gasteiger partial charge in [0.25, 0.3) is 0 Å². The minimum absolute atomic E-state index is 0.572. The number of hydrogen-bond donors (Lipinski definition) is 2. The number of aromatic nitrogens is 2. The molecule has 0 aliphatic carbocycles. The van der Waals surface area contributed by atoms with Crippen molar-refractivity contribution in [2.45, 2.75) is 38.0 Å². The molecule has 0 radical (unpaired) electrons. The van der Waals surface area contributed by atoms with Gasteiger partial charge < -0.3 is 10.6 Å². The number of nitrogens with zero attached hydrogens (tertiary/aromatic N) is 3. The van der Waals surface area contributed by atoms with Gasteiger partial charge in [-0.1, -0.05) is 47.5 Å². The van der Waals surface area contributed by atoms with E-state index in [0.717, 1.165) is 36.2 Å². The van der Waals surface area contributed by atoms with Crippen molar-refractivity contribution >= 4 is 35.1 Å². The summed E-state index contributed by atoms with van der Waals surface area (Å²) in [6, 6.07) is 27.7. The standard InChI is InChI=1S/C30H33N5S/c1-22-3-7-24(8-4-22)21-25-16-19-35(20-17-25)36-28-13-11-27(12-14-28)33-30-31-18-15-29(34-30)32-26-9-5-23(2)6-10-26/h3-15,18,25H,16-17,19-21H2,1-2H3,(H2,31,32,33,34). The van der Waals surface area contributed by atoms with Crippen LogP contribution in [-0.4, -0.2) is 27.4 Å². The third kappa shape index (κ3) is 6.86. The highest BCUT2D eigenvalue weighted by molar-refractivity contribution is 7.97. The van der Waals surface area contributed by atoms with Crippen molar-refractivity contribution in [2.75, 3.05) is 23.7 Å². The first-order valence-electron chi connectivity index (χ1n) is 12.6. The summed E-state index contributed by atoms with van der Waals surface area (Å²) in [5, 5.41) is 6.65. The molecular formula is C30H33N5S. The summed E-state index contributed by atoms with van der Waals surface area (Å²) in [4.78, 5) is 10.2. The summed E-state index contributed by atoms with van der Waals surface area (Å²) >= 11 is 1.86. The number of anilines is 4. The Morgan fingerprint density at radius 3 is 2.08 bits per heavy atom. The zero-order valence-corrected chi connectivity index (χ0v) is 21.8. The highest BCUT2D eigenvalue weighted by atomic mass is 32.2. The third-order valence-electron chi connectivity index (χ3n) is 6.54. The van der Waals surface area contributed by atoms with Gasteiger partial charge in [0.2, 0.25) is 5.95 Å². The molecule has 1 aromatic heterocycles. The van der Waals surface area contributed by atoms with Crippen LogP contribution in [0, 0.1) is 19.8 Å². The number of piperidine rings is 1. The van der Waals surface area contributed by atoms with Crippen molar-refractivity contribution in [3.8, 4) is 0 Å². The van der Waals surface area contributed by atoms with E-state index in [0.29, 0.717) is 5.95 Å². The van der Waals surface area contributed by atoms with Crippen LogP contribution in [0.15, 0.2) is 90.0 Å². The first kappa shape index (κ1) is 24.3. The Hall–Kier alpha value is -3.35. The van der Waals surface area contributed by atoms with Crippen LogP contribution in [0.2, 0.25) is 0 Å². The molecule has 6 heteroatoms. The second-order valence-electron chi connectivity index (χ2n) is 9.56. The van der Waals surface area contributed by atoms with E-state index in [4.69, 9.17) is 0 Å². The minimum atomic E-state index is 0.572. The molecule has 5 rings (SSSR count). The van der Waals surface area contributed by atoms with Gasteiger partial charge in [0.15, 0.2) is 0 Å². The van der Waals surface area contributed by atoms with E-state index in [9.17, 15) is 0 Å². The summed E-state index contributed by atoms with van der Waals surface area (Å²) < 4.78 is 2.50. The summed E-state index contributed by atoms with van der Waals surface area (Å²) in [5.41, 5.74) is 6.02. The number of nitrogens with one attached hydrogen (secondary N) is 2. The lowest BCUT2D eigenvalue weighted by molar-refractivity contribution is 0.290. The van der Waals surface area contributed by atoms with E-state index in [1.54, 1.807) is 6.20 Å². The van der Waals surface area contributed by atoms with Crippen molar-refractivity contribution < 1.29 is 0 Å². The molecule has 0 bridgehead atoms. The zero-order chi connectivity index (χ0) is 24.7. The average Bonchev–Trinajstić information content (AvgIpc) is 2.89. The predicted molar refractivity (Wildman–Crippen MR) is 151 cm³/mol. The maximum absolute atomic E-state index is 4.60. The molecule has 1 fully saturated rings. The highest BCUT2D eigenvalue weighted by Crippen LogP contribution is 2.31. The smallest absolute Gasteiger partial charge is 0.229 e. The molecule has 0 amide bonds. The highest BCUT2D eigenvalue weighted by Gasteiger charge is 2.20. The van der Waals surface area contributed by atoms with Gasteiger partial charge in [0.05, 0.1) is 0 Å². The van der Waals surface area contributed by atoms with E-state index in [2.05, 4.69) is 99.4 Å². The molecule has 4 aromatic rings. The van der Waals surface area contributed by atoms with Crippen LogP contribution < -0.4 is 10.6 Å². The molecule has 2 heterocycles. The van der Waals surface area contributed by atoms with Crippen molar-refractivity contribution in [3.05, 3.63) is 102 Å². The molecule has 36 heavy (non-hydrogen) atoms. The average molecular weight is 496 g/mol. The summed E-state index contributed by atoms with van der Waals surface area (Å²) in [5.74, 6) is 2.12. The first-order chi connectivity index (χ1) is 17.6. The summed E-state index contributed by atoms with van der Waals surface area (Å²) in [7, 11) is 0. The molecule has 0 atom stereocenters. The Bertz CT molecular complexity index is 1250. The van der Waals surface area contributed by atoms with E-state index in [1.807, 2.05) is 30.1 Å². The Morgan fingerprint density at radius 2 is 1.39 bits per heavy atom. The summed E-state index contributed by atoms with van der Waals surface area (Å²) in [6.45, 7) is 6.50. The van der Waals surface area contributed by atoms with Crippen LogP contribution in [0.4, 0.5) is 23.1 Å². The Kier molecular flexibility index (Phi) is 7.84. The molecule has 1 aliphatic heterocycles. The van der Waals surface area contributed by atoms with Gasteiger partial charge >= 0.3 is 0 Å². The van der Waals surface area contributed by atoms with Crippen LogP contribution >= 0.6 is 11.9 Å². The Balaban J connectivity index is 1.10. The number of aryl methyl sites for hydroxylation is 2. The second kappa shape index (κ2) is 11.6. The number of benzene rings is 3. The molecular weight excluding hydrogens is 462 g/mol. The van der Waals surface area contributed by atoms with Crippen LogP contribution in [0.1, 0.15) is 29.5 Å². The van der Waals surface area contributed by atoms with Gasteiger partial charge in [-0.2, -0.15) is 4.98 Å². The molecule has 0 unspecified atom stereocenters. The summed E-state index contributed by atoms with van der Waals surface area (Å²) in [6.07, 6.45) is 5.47. The maximum Gasteiger partial charge on any atom is 0.229 e. The second-order valence-corrected chi connectivity index (χ2v) is 10.7. The fraction of sp³-hybridized carbons (Fsp3) is 0.267. The van der Waals surface area contributed by atoms with Gasteiger partial charge in [0.1, 0.15) is 5.82 Å². The fourth-order valence-electron chi connectivity index (χ4n) is 4.41.